The zero-order valence-electron chi connectivity index (χ0n) is 15.4. The van der Waals surface area contributed by atoms with Gasteiger partial charge in [-0.3, -0.25) is 0 Å². The van der Waals surface area contributed by atoms with Gasteiger partial charge in [0.15, 0.2) is 22.5 Å². The first-order valence-corrected chi connectivity index (χ1v) is 9.33. The van der Waals surface area contributed by atoms with E-state index in [1.54, 1.807) is 33.1 Å². The molecule has 9 nitrogen and oxygen atoms in total. The molecule has 0 amide bonds. The van der Waals surface area contributed by atoms with Crippen LogP contribution in [0.25, 0.3) is 11.5 Å². The van der Waals surface area contributed by atoms with E-state index >= 15 is 0 Å². The monoisotopic (exact) mass is 397 g/mol. The van der Waals surface area contributed by atoms with Gasteiger partial charge in [0.25, 0.3) is 0 Å². The summed E-state index contributed by atoms with van der Waals surface area (Å²) in [4.78, 5) is 18.4. The van der Waals surface area contributed by atoms with Crippen molar-refractivity contribution in [3.8, 4) is 23.0 Å². The molecule has 0 unspecified atom stereocenters. The van der Waals surface area contributed by atoms with Gasteiger partial charge < -0.3 is 24.3 Å². The van der Waals surface area contributed by atoms with Gasteiger partial charge in [0, 0.05) is 25.5 Å². The van der Waals surface area contributed by atoms with E-state index in [4.69, 9.17) is 15.2 Å². The summed E-state index contributed by atoms with van der Waals surface area (Å²) < 4.78 is 14.7. The van der Waals surface area contributed by atoms with E-state index in [-0.39, 0.29) is 0 Å². The van der Waals surface area contributed by atoms with Crippen molar-refractivity contribution in [3.05, 3.63) is 43.2 Å². The number of anilines is 1. The summed E-state index contributed by atoms with van der Waals surface area (Å²) in [6.45, 7) is 1.41. The number of nitrogens with two attached hydrogens (primary N) is 1. The second-order valence-electron chi connectivity index (χ2n) is 5.92. The van der Waals surface area contributed by atoms with Crippen molar-refractivity contribution in [1.29, 1.82) is 0 Å². The quantitative estimate of drug-likeness (QED) is 0.507. The lowest BCUT2D eigenvalue weighted by molar-refractivity contribution is 0.394. The zero-order chi connectivity index (χ0) is 19.5. The highest BCUT2D eigenvalue weighted by Gasteiger charge is 2.20. The zero-order valence-corrected chi connectivity index (χ0v) is 16.3. The molecule has 2 aliphatic heterocycles. The van der Waals surface area contributed by atoms with Gasteiger partial charge in [0.1, 0.15) is 11.5 Å². The molecule has 4 rings (SSSR count). The fraction of sp³-hybridized carbons (Fsp3) is 0.222. The number of imidazole rings is 2. The fourth-order valence-electron chi connectivity index (χ4n) is 2.75. The molecule has 1 aromatic carbocycles. The highest BCUT2D eigenvalue weighted by molar-refractivity contribution is 7.99. The van der Waals surface area contributed by atoms with E-state index < -0.39 is 0 Å². The first kappa shape index (κ1) is 18.1. The van der Waals surface area contributed by atoms with Crippen LogP contribution in [-0.2, 0) is 13.1 Å². The van der Waals surface area contributed by atoms with Gasteiger partial charge in [-0.15, -0.1) is 0 Å². The van der Waals surface area contributed by atoms with Crippen LogP contribution in [0.2, 0.25) is 0 Å². The molecule has 0 fully saturated rings. The molecule has 10 heteroatoms. The van der Waals surface area contributed by atoms with E-state index in [9.17, 15) is 0 Å². The maximum atomic E-state index is 6.03. The average molecular weight is 397 g/mol. The van der Waals surface area contributed by atoms with Crippen LogP contribution in [0.3, 0.4) is 0 Å². The molecule has 144 valence electrons. The molecule has 0 spiro atoms. The average Bonchev–Trinajstić information content (AvgIpc) is 3.38. The number of fused-ring (bicyclic) bond motifs is 1. The van der Waals surface area contributed by atoms with E-state index in [1.165, 1.54) is 11.8 Å². The number of nitrogen functional groups attached to an aromatic ring is 1. The topological polar surface area (TPSA) is 106 Å². The molecular weight excluding hydrogens is 378 g/mol. The Morgan fingerprint density at radius 3 is 2.75 bits per heavy atom. The first-order valence-electron chi connectivity index (χ1n) is 8.52. The van der Waals surface area contributed by atoms with Crippen LogP contribution in [0.4, 0.5) is 5.82 Å². The van der Waals surface area contributed by atoms with Crippen molar-refractivity contribution in [3.63, 3.8) is 0 Å². The summed E-state index contributed by atoms with van der Waals surface area (Å²) in [7, 11) is 3.25. The SMILES string of the molecule is COc1ccc(OC)c(Sc2nc3c(N)ncn(CCn4ccnc4)c-3n2)c1. The molecule has 0 aliphatic carbocycles. The summed E-state index contributed by atoms with van der Waals surface area (Å²) in [5, 5.41) is 0.567. The van der Waals surface area contributed by atoms with Crippen molar-refractivity contribution in [2.45, 2.75) is 23.1 Å². The van der Waals surface area contributed by atoms with E-state index in [2.05, 4.69) is 19.9 Å². The molecule has 2 aromatic rings. The van der Waals surface area contributed by atoms with Gasteiger partial charge in [-0.1, -0.05) is 0 Å². The number of methoxy groups -OCH3 is 2. The lowest BCUT2D eigenvalue weighted by Gasteiger charge is -2.11. The highest BCUT2D eigenvalue weighted by Crippen LogP contribution is 2.38. The Morgan fingerprint density at radius 2 is 2.00 bits per heavy atom. The summed E-state index contributed by atoms with van der Waals surface area (Å²) in [6.07, 6.45) is 7.12. The number of benzene rings is 1. The van der Waals surface area contributed by atoms with Gasteiger partial charge in [-0.2, -0.15) is 0 Å². The van der Waals surface area contributed by atoms with Gasteiger partial charge in [0.05, 0.1) is 31.8 Å². The molecular formula is C18H19N7O2S. The van der Waals surface area contributed by atoms with E-state index in [0.717, 1.165) is 22.9 Å². The fourth-order valence-corrected chi connectivity index (χ4v) is 3.64. The number of rotatable bonds is 7. The normalized spacial score (nSPS) is 11.1. The predicted octanol–water partition coefficient (Wildman–Crippen LogP) is 2.43. The molecule has 1 aromatic heterocycles. The van der Waals surface area contributed by atoms with Crippen molar-refractivity contribution in [2.24, 2.45) is 0 Å². The van der Waals surface area contributed by atoms with Crippen LogP contribution in [0.15, 0.2) is 53.3 Å². The third-order valence-corrected chi connectivity index (χ3v) is 5.11. The maximum absolute atomic E-state index is 6.03. The lowest BCUT2D eigenvalue weighted by atomic mass is 10.3. The van der Waals surface area contributed by atoms with Gasteiger partial charge in [-0.25, -0.2) is 19.9 Å². The molecule has 2 aliphatic rings. The van der Waals surface area contributed by atoms with Crippen LogP contribution in [-0.4, -0.2) is 43.3 Å². The summed E-state index contributed by atoms with van der Waals surface area (Å²) in [5.74, 6) is 2.50. The number of aryl methyl sites for hydroxylation is 2. The molecule has 0 saturated heterocycles. The highest BCUT2D eigenvalue weighted by atomic mass is 32.2. The summed E-state index contributed by atoms with van der Waals surface area (Å²) in [5.41, 5.74) is 6.61. The predicted molar refractivity (Wildman–Crippen MR) is 105 cm³/mol. The van der Waals surface area contributed by atoms with Crippen molar-refractivity contribution >= 4 is 17.6 Å². The first-order chi connectivity index (χ1) is 13.7. The Kier molecular flexibility index (Phi) is 5.02. The molecule has 0 radical (unpaired) electrons. The molecule has 0 saturated carbocycles. The number of ether oxygens (including phenoxy) is 2. The van der Waals surface area contributed by atoms with Gasteiger partial charge in [0.2, 0.25) is 0 Å². The molecule has 3 heterocycles. The molecule has 0 bridgehead atoms. The minimum atomic E-state index is 0.353. The second kappa shape index (κ2) is 7.77. The van der Waals surface area contributed by atoms with Crippen molar-refractivity contribution in [2.75, 3.05) is 20.0 Å². The van der Waals surface area contributed by atoms with E-state index in [1.807, 2.05) is 33.5 Å². The number of nitrogens with zero attached hydrogens (tertiary/aromatic N) is 6. The standard InChI is InChI=1S/C18H19N7O2S/c1-26-12-3-4-13(27-2)14(9-12)28-18-22-15-16(19)21-11-25(17(15)23-18)8-7-24-6-5-20-10-24/h3-6,9-11H,7-8,19H2,1-2H3. The van der Waals surface area contributed by atoms with Crippen LogP contribution in [0.5, 0.6) is 11.5 Å². The molecule has 2 N–H and O–H groups in total. The Hall–Kier alpha value is -3.27. The van der Waals surface area contributed by atoms with Crippen molar-refractivity contribution in [1.82, 2.24) is 29.1 Å². The summed E-state index contributed by atoms with van der Waals surface area (Å²) >= 11 is 1.39. The Bertz CT molecular complexity index is 1050. The van der Waals surface area contributed by atoms with Crippen LogP contribution >= 0.6 is 11.8 Å². The smallest absolute Gasteiger partial charge is 0.195 e. The maximum Gasteiger partial charge on any atom is 0.195 e. The Morgan fingerprint density at radius 1 is 1.11 bits per heavy atom. The van der Waals surface area contributed by atoms with Gasteiger partial charge >= 0.3 is 0 Å². The molecule has 28 heavy (non-hydrogen) atoms. The van der Waals surface area contributed by atoms with Crippen LogP contribution in [0, 0.1) is 0 Å². The largest absolute Gasteiger partial charge is 0.497 e. The third kappa shape index (κ3) is 3.58. The van der Waals surface area contributed by atoms with Crippen molar-refractivity contribution < 1.29 is 9.47 Å². The minimum Gasteiger partial charge on any atom is -0.497 e. The van der Waals surface area contributed by atoms with Crippen LogP contribution in [0.1, 0.15) is 0 Å². The van der Waals surface area contributed by atoms with Gasteiger partial charge in [-0.05, 0) is 30.0 Å². The minimum absolute atomic E-state index is 0.353. The third-order valence-electron chi connectivity index (χ3n) is 4.20. The number of hydrogen-bond donors (Lipinski definition) is 1. The Labute approximate surface area is 165 Å². The lowest BCUT2D eigenvalue weighted by Crippen LogP contribution is -2.12. The Balaban J connectivity index is 1.64. The molecule has 0 atom stereocenters. The second-order valence-corrected chi connectivity index (χ2v) is 6.93. The van der Waals surface area contributed by atoms with E-state index in [0.29, 0.717) is 29.0 Å². The summed E-state index contributed by atoms with van der Waals surface area (Å²) in [6, 6.07) is 5.58. The number of aromatic nitrogens is 6. The van der Waals surface area contributed by atoms with Crippen LogP contribution < -0.4 is 15.2 Å². The number of hydrogen-bond acceptors (Lipinski definition) is 8.